The second-order valence-electron chi connectivity index (χ2n) is 3.85. The van der Waals surface area contributed by atoms with Gasteiger partial charge in [0.15, 0.2) is 0 Å². The van der Waals surface area contributed by atoms with E-state index in [1.807, 2.05) is 13.8 Å². The number of likely N-dealkylation sites (N-methyl/N-ethyl adjacent to an activating group) is 1. The topological polar surface area (TPSA) is 46.3 Å². The summed E-state index contributed by atoms with van der Waals surface area (Å²) in [5.41, 5.74) is 5.40. The highest BCUT2D eigenvalue weighted by atomic mass is 16.2. The quantitative estimate of drug-likeness (QED) is 0.689. The van der Waals surface area contributed by atoms with Gasteiger partial charge < -0.3 is 10.6 Å². The van der Waals surface area contributed by atoms with Gasteiger partial charge in [0.2, 0.25) is 5.91 Å². The first kappa shape index (κ1) is 11.4. The van der Waals surface area contributed by atoms with Crippen molar-refractivity contribution in [3.05, 3.63) is 0 Å². The molecule has 3 nitrogen and oxygen atoms in total. The summed E-state index contributed by atoms with van der Waals surface area (Å²) in [6, 6.07) is -0.402. The average molecular weight is 172 g/mol. The largest absolute Gasteiger partial charge is 0.339 e. The maximum Gasteiger partial charge on any atom is 0.239 e. The maximum atomic E-state index is 11.4. The highest BCUT2D eigenvalue weighted by molar-refractivity contribution is 5.81. The average Bonchev–Trinajstić information content (AvgIpc) is 2.01. The lowest BCUT2D eigenvalue weighted by molar-refractivity contribution is -0.135. The predicted molar refractivity (Wildman–Crippen MR) is 50.8 cm³/mol. The Labute approximate surface area is 74.9 Å². The zero-order valence-electron chi connectivity index (χ0n) is 8.72. The minimum absolute atomic E-state index is 0.00171. The van der Waals surface area contributed by atoms with Crippen LogP contribution in [0.1, 0.15) is 34.1 Å². The molecule has 0 spiro atoms. The molecule has 0 unspecified atom stereocenters. The summed E-state index contributed by atoms with van der Waals surface area (Å²) >= 11 is 0. The number of carbonyl (C=O) groups is 1. The Bertz CT molecular complexity index is 164. The Morgan fingerprint density at radius 3 is 2.25 bits per heavy atom. The van der Waals surface area contributed by atoms with Crippen LogP contribution in [0.15, 0.2) is 0 Å². The first-order chi connectivity index (χ1) is 5.33. The highest BCUT2D eigenvalue weighted by Gasteiger charge is 2.26. The van der Waals surface area contributed by atoms with Gasteiger partial charge in [-0.25, -0.2) is 0 Å². The van der Waals surface area contributed by atoms with Crippen molar-refractivity contribution in [2.75, 3.05) is 7.05 Å². The molecule has 3 heteroatoms. The molecule has 0 saturated heterocycles. The molecule has 12 heavy (non-hydrogen) atoms. The molecular weight excluding hydrogens is 152 g/mol. The molecule has 2 N–H and O–H groups in total. The third-order valence-electron chi connectivity index (χ3n) is 2.49. The fourth-order valence-electron chi connectivity index (χ4n) is 0.841. The van der Waals surface area contributed by atoms with E-state index in [0.29, 0.717) is 0 Å². The second-order valence-corrected chi connectivity index (χ2v) is 3.85. The van der Waals surface area contributed by atoms with Crippen LogP contribution >= 0.6 is 0 Å². The van der Waals surface area contributed by atoms with Crippen LogP contribution in [0.25, 0.3) is 0 Å². The van der Waals surface area contributed by atoms with Crippen LogP contribution in [-0.4, -0.2) is 29.4 Å². The lowest BCUT2D eigenvalue weighted by Gasteiger charge is -2.35. The number of rotatable bonds is 3. The molecule has 0 aromatic heterocycles. The SMILES string of the molecule is CCC(C)(C)N(C)C(=O)[C@H](C)N. The zero-order valence-corrected chi connectivity index (χ0v) is 8.72. The minimum Gasteiger partial charge on any atom is -0.339 e. The molecule has 1 atom stereocenters. The number of hydrogen-bond acceptors (Lipinski definition) is 2. The van der Waals surface area contributed by atoms with Gasteiger partial charge in [-0.05, 0) is 27.2 Å². The van der Waals surface area contributed by atoms with E-state index in [0.717, 1.165) is 6.42 Å². The van der Waals surface area contributed by atoms with Crippen molar-refractivity contribution < 1.29 is 4.79 Å². The fourth-order valence-corrected chi connectivity index (χ4v) is 0.841. The molecule has 0 saturated carbocycles. The Balaban J connectivity index is 4.38. The maximum absolute atomic E-state index is 11.4. The van der Waals surface area contributed by atoms with Crippen LogP contribution in [0.2, 0.25) is 0 Å². The van der Waals surface area contributed by atoms with E-state index in [9.17, 15) is 4.79 Å². The lowest BCUT2D eigenvalue weighted by Crippen LogP contribution is -2.50. The molecule has 0 aliphatic carbocycles. The Kier molecular flexibility index (Phi) is 3.71. The summed E-state index contributed by atoms with van der Waals surface area (Å²) in [4.78, 5) is 13.2. The second kappa shape index (κ2) is 3.90. The Morgan fingerprint density at radius 2 is 2.00 bits per heavy atom. The smallest absolute Gasteiger partial charge is 0.239 e. The van der Waals surface area contributed by atoms with Crippen molar-refractivity contribution in [2.45, 2.75) is 45.7 Å². The molecule has 1 amide bonds. The van der Waals surface area contributed by atoms with E-state index in [4.69, 9.17) is 5.73 Å². The Hall–Kier alpha value is -0.570. The van der Waals surface area contributed by atoms with E-state index < -0.39 is 6.04 Å². The van der Waals surface area contributed by atoms with E-state index in [1.54, 1.807) is 18.9 Å². The molecule has 0 aromatic carbocycles. The third-order valence-corrected chi connectivity index (χ3v) is 2.49. The third kappa shape index (κ3) is 2.48. The van der Waals surface area contributed by atoms with Crippen LogP contribution in [0.4, 0.5) is 0 Å². The van der Waals surface area contributed by atoms with Gasteiger partial charge in [0.25, 0.3) is 0 Å². The van der Waals surface area contributed by atoms with Gasteiger partial charge >= 0.3 is 0 Å². The van der Waals surface area contributed by atoms with Crippen molar-refractivity contribution in [3.63, 3.8) is 0 Å². The monoisotopic (exact) mass is 172 g/mol. The van der Waals surface area contributed by atoms with E-state index >= 15 is 0 Å². The number of amides is 1. The highest BCUT2D eigenvalue weighted by Crippen LogP contribution is 2.16. The molecule has 0 fully saturated rings. The van der Waals surface area contributed by atoms with Crippen LogP contribution < -0.4 is 5.73 Å². The van der Waals surface area contributed by atoms with Crippen molar-refractivity contribution in [1.82, 2.24) is 4.90 Å². The van der Waals surface area contributed by atoms with Gasteiger partial charge in [-0.1, -0.05) is 6.92 Å². The zero-order chi connectivity index (χ0) is 9.94. The van der Waals surface area contributed by atoms with Crippen molar-refractivity contribution in [3.8, 4) is 0 Å². The summed E-state index contributed by atoms with van der Waals surface area (Å²) in [6.45, 7) is 7.84. The van der Waals surface area contributed by atoms with E-state index in [-0.39, 0.29) is 11.4 Å². The molecule has 72 valence electrons. The summed E-state index contributed by atoms with van der Waals surface area (Å²) in [5.74, 6) is 0.00171. The van der Waals surface area contributed by atoms with Gasteiger partial charge in [-0.3, -0.25) is 4.79 Å². The Morgan fingerprint density at radius 1 is 1.58 bits per heavy atom. The minimum atomic E-state index is -0.402. The number of nitrogens with two attached hydrogens (primary N) is 1. The molecule has 0 rings (SSSR count). The molecular formula is C9H20N2O. The normalized spacial score (nSPS) is 14.2. The number of nitrogens with zero attached hydrogens (tertiary/aromatic N) is 1. The predicted octanol–water partition coefficient (Wildman–Crippen LogP) is 0.981. The van der Waals surface area contributed by atoms with Crippen molar-refractivity contribution >= 4 is 5.91 Å². The number of hydrogen-bond donors (Lipinski definition) is 1. The molecule has 0 bridgehead atoms. The summed E-state index contributed by atoms with van der Waals surface area (Å²) in [5, 5.41) is 0. The first-order valence-electron chi connectivity index (χ1n) is 4.36. The van der Waals surface area contributed by atoms with Crippen LogP contribution in [0.3, 0.4) is 0 Å². The van der Waals surface area contributed by atoms with Crippen LogP contribution in [0.5, 0.6) is 0 Å². The van der Waals surface area contributed by atoms with Gasteiger partial charge in [-0.2, -0.15) is 0 Å². The van der Waals surface area contributed by atoms with Crippen molar-refractivity contribution in [2.24, 2.45) is 5.73 Å². The summed E-state index contributed by atoms with van der Waals surface area (Å²) in [7, 11) is 1.80. The standard InChI is InChI=1S/C9H20N2O/c1-6-9(3,4)11(5)8(12)7(2)10/h7H,6,10H2,1-5H3/t7-/m0/s1. The fraction of sp³-hybridized carbons (Fsp3) is 0.889. The van der Waals surface area contributed by atoms with E-state index in [2.05, 4.69) is 6.92 Å². The van der Waals surface area contributed by atoms with E-state index in [1.165, 1.54) is 0 Å². The van der Waals surface area contributed by atoms with Crippen LogP contribution in [-0.2, 0) is 4.79 Å². The van der Waals surface area contributed by atoms with Gasteiger partial charge in [-0.15, -0.1) is 0 Å². The summed E-state index contributed by atoms with van der Waals surface area (Å²) in [6.07, 6.45) is 0.932. The first-order valence-corrected chi connectivity index (χ1v) is 4.36. The molecule has 0 heterocycles. The molecule has 0 radical (unpaired) electrons. The lowest BCUT2D eigenvalue weighted by atomic mass is 9.99. The van der Waals surface area contributed by atoms with Crippen molar-refractivity contribution in [1.29, 1.82) is 0 Å². The number of carbonyl (C=O) groups excluding carboxylic acids is 1. The molecule has 0 aromatic rings. The summed E-state index contributed by atoms with van der Waals surface area (Å²) < 4.78 is 0. The van der Waals surface area contributed by atoms with Gasteiger partial charge in [0.05, 0.1) is 6.04 Å². The van der Waals surface area contributed by atoms with Gasteiger partial charge in [0, 0.05) is 12.6 Å². The van der Waals surface area contributed by atoms with Gasteiger partial charge in [0.1, 0.15) is 0 Å². The van der Waals surface area contributed by atoms with Crippen LogP contribution in [0, 0.1) is 0 Å². The molecule has 0 aliphatic rings. The molecule has 0 aliphatic heterocycles.